The van der Waals surface area contributed by atoms with Crippen molar-refractivity contribution in [2.24, 2.45) is 11.8 Å². The van der Waals surface area contributed by atoms with Gasteiger partial charge in [0.2, 0.25) is 11.8 Å². The number of esters is 1. The minimum absolute atomic E-state index is 0.0659. The number of carbonyl (C=O) groups is 3. The summed E-state index contributed by atoms with van der Waals surface area (Å²) in [5, 5.41) is 3.06. The summed E-state index contributed by atoms with van der Waals surface area (Å²) in [6.07, 6.45) is 4.52. The zero-order chi connectivity index (χ0) is 25.5. The highest BCUT2D eigenvalue weighted by Gasteiger charge is 2.36. The van der Waals surface area contributed by atoms with Crippen LogP contribution in [0, 0.1) is 11.8 Å². The Morgan fingerprint density at radius 2 is 1.61 bits per heavy atom. The molecule has 190 valence electrons. The van der Waals surface area contributed by atoms with Gasteiger partial charge in [-0.25, -0.2) is 4.79 Å². The molecule has 1 aliphatic heterocycles. The Kier molecular flexibility index (Phi) is 11.6. The highest BCUT2D eigenvalue weighted by atomic mass is 16.5. The first-order chi connectivity index (χ1) is 15.3. The predicted molar refractivity (Wildman–Crippen MR) is 133 cm³/mol. The van der Waals surface area contributed by atoms with E-state index in [0.29, 0.717) is 5.57 Å². The van der Waals surface area contributed by atoms with Crippen LogP contribution in [-0.2, 0) is 19.1 Å². The molecule has 2 amide bonds. The van der Waals surface area contributed by atoms with Crippen molar-refractivity contribution in [3.8, 4) is 0 Å². The third kappa shape index (κ3) is 8.43. The Hall–Kier alpha value is -1.89. The summed E-state index contributed by atoms with van der Waals surface area (Å²) < 4.78 is 5.30. The van der Waals surface area contributed by atoms with E-state index < -0.39 is 6.04 Å². The van der Waals surface area contributed by atoms with E-state index in [9.17, 15) is 14.4 Å². The summed E-state index contributed by atoms with van der Waals surface area (Å²) in [7, 11) is 1.74. The number of likely N-dealkylation sites (tertiary alicyclic amines) is 1. The van der Waals surface area contributed by atoms with Crippen LogP contribution in [0.25, 0.3) is 0 Å². The van der Waals surface area contributed by atoms with Gasteiger partial charge in [0, 0.05) is 18.7 Å². The van der Waals surface area contributed by atoms with E-state index in [0.717, 1.165) is 25.8 Å². The summed E-state index contributed by atoms with van der Waals surface area (Å²) >= 11 is 0. The van der Waals surface area contributed by atoms with E-state index in [4.69, 9.17) is 4.74 Å². The molecule has 7 heteroatoms. The fraction of sp³-hybridized carbons (Fsp3) is 0.808. The number of nitrogens with one attached hydrogen (secondary N) is 1. The first-order valence-corrected chi connectivity index (χ1v) is 12.5. The monoisotopic (exact) mass is 465 g/mol. The molecule has 0 radical (unpaired) electrons. The molecule has 3 atom stereocenters. The van der Waals surface area contributed by atoms with Gasteiger partial charge in [0.15, 0.2) is 0 Å². The molecular formula is C26H47N3O4. The predicted octanol–water partition coefficient (Wildman–Crippen LogP) is 3.77. The first kappa shape index (κ1) is 29.1. The standard InChI is InChI=1S/C26H47N3O4/c1-16(2)22(15-20(9)26(32)33-19(7)8)28(10)25(31)23(17(3)4)27-24(30)21-13-11-12-14-29(21)18(5)6/h15-19,21-23H,11-14H2,1-10H3,(H,27,30)/b20-15+/t21?,22-,23?/m1/s1. The van der Waals surface area contributed by atoms with Crippen molar-refractivity contribution < 1.29 is 19.1 Å². The van der Waals surface area contributed by atoms with Gasteiger partial charge in [-0.15, -0.1) is 0 Å². The second-order valence-corrected chi connectivity index (χ2v) is 10.6. The van der Waals surface area contributed by atoms with Gasteiger partial charge in [0.05, 0.1) is 18.2 Å². The molecule has 0 saturated carbocycles. The Labute approximate surface area is 201 Å². The summed E-state index contributed by atoms with van der Waals surface area (Å²) in [6.45, 7) is 18.4. The molecule has 1 saturated heterocycles. The van der Waals surface area contributed by atoms with E-state index in [1.165, 1.54) is 0 Å². The number of likely N-dealkylation sites (N-methyl/N-ethyl adjacent to an activating group) is 1. The lowest BCUT2D eigenvalue weighted by molar-refractivity contribution is -0.143. The van der Waals surface area contributed by atoms with Crippen molar-refractivity contribution in [2.45, 2.75) is 112 Å². The second kappa shape index (κ2) is 13.1. The summed E-state index contributed by atoms with van der Waals surface area (Å²) in [4.78, 5) is 43.0. The summed E-state index contributed by atoms with van der Waals surface area (Å²) in [5.74, 6) is -0.582. The quantitative estimate of drug-likeness (QED) is 0.392. The highest BCUT2D eigenvalue weighted by molar-refractivity contribution is 5.91. The average molecular weight is 466 g/mol. The molecule has 1 heterocycles. The Balaban J connectivity index is 3.06. The molecule has 1 rings (SSSR count). The van der Waals surface area contributed by atoms with Gasteiger partial charge in [-0.3, -0.25) is 14.5 Å². The molecular weight excluding hydrogens is 418 g/mol. The molecule has 7 nitrogen and oxygen atoms in total. The van der Waals surface area contributed by atoms with Gasteiger partial charge in [-0.1, -0.05) is 40.2 Å². The molecule has 33 heavy (non-hydrogen) atoms. The van der Waals surface area contributed by atoms with Gasteiger partial charge in [0.1, 0.15) is 6.04 Å². The van der Waals surface area contributed by atoms with Crippen LogP contribution in [0.3, 0.4) is 0 Å². The SMILES string of the molecule is C/C(=C\[C@H](C(C)C)N(C)C(=O)C(NC(=O)C1CCCCN1C(C)C)C(C)C)C(=O)OC(C)C. The van der Waals surface area contributed by atoms with E-state index in [2.05, 4.69) is 24.1 Å². The zero-order valence-corrected chi connectivity index (χ0v) is 22.5. The molecule has 1 fully saturated rings. The van der Waals surface area contributed by atoms with Crippen molar-refractivity contribution in [1.29, 1.82) is 0 Å². The fourth-order valence-corrected chi connectivity index (χ4v) is 4.37. The lowest BCUT2D eigenvalue weighted by Crippen LogP contribution is -2.58. The highest BCUT2D eigenvalue weighted by Crippen LogP contribution is 2.21. The largest absolute Gasteiger partial charge is 0.460 e. The molecule has 0 aromatic carbocycles. The number of amides is 2. The maximum Gasteiger partial charge on any atom is 0.333 e. The van der Waals surface area contributed by atoms with Crippen molar-refractivity contribution in [3.05, 3.63) is 11.6 Å². The van der Waals surface area contributed by atoms with Gasteiger partial charge < -0.3 is 15.0 Å². The topological polar surface area (TPSA) is 79.0 Å². The van der Waals surface area contributed by atoms with Crippen molar-refractivity contribution in [2.75, 3.05) is 13.6 Å². The number of nitrogens with zero attached hydrogens (tertiary/aromatic N) is 2. The van der Waals surface area contributed by atoms with Gasteiger partial charge in [-0.2, -0.15) is 0 Å². The molecule has 1 aliphatic rings. The summed E-state index contributed by atoms with van der Waals surface area (Å²) in [5.41, 5.74) is 0.474. The normalized spacial score (nSPS) is 19.7. The molecule has 1 N–H and O–H groups in total. The van der Waals surface area contributed by atoms with Gasteiger partial charge in [-0.05, 0) is 65.8 Å². The average Bonchev–Trinajstić information content (AvgIpc) is 2.73. The van der Waals surface area contributed by atoms with Gasteiger partial charge >= 0.3 is 5.97 Å². The van der Waals surface area contributed by atoms with Crippen LogP contribution in [-0.4, -0.2) is 71.4 Å². The Bertz CT molecular complexity index is 700. The maximum atomic E-state index is 13.5. The van der Waals surface area contributed by atoms with E-state index in [1.807, 2.05) is 41.5 Å². The van der Waals surface area contributed by atoms with E-state index >= 15 is 0 Å². The van der Waals surface area contributed by atoms with Crippen molar-refractivity contribution >= 4 is 17.8 Å². The summed E-state index contributed by atoms with van der Waals surface area (Å²) in [6, 6.07) is -0.846. The van der Waals surface area contributed by atoms with E-state index in [1.54, 1.807) is 24.9 Å². The minimum atomic E-state index is -0.629. The van der Waals surface area contributed by atoms with Crippen molar-refractivity contribution in [3.63, 3.8) is 0 Å². The number of rotatable bonds is 10. The smallest absolute Gasteiger partial charge is 0.333 e. The zero-order valence-electron chi connectivity index (χ0n) is 22.5. The molecule has 2 unspecified atom stereocenters. The minimum Gasteiger partial charge on any atom is -0.460 e. The van der Waals surface area contributed by atoms with Gasteiger partial charge in [0.25, 0.3) is 0 Å². The Morgan fingerprint density at radius 3 is 2.09 bits per heavy atom. The number of piperidine rings is 1. The van der Waals surface area contributed by atoms with E-state index in [-0.39, 0.29) is 53.8 Å². The molecule has 0 aromatic rings. The number of ether oxygens (including phenoxy) is 1. The van der Waals surface area contributed by atoms with Crippen molar-refractivity contribution in [1.82, 2.24) is 15.1 Å². The molecule has 0 aliphatic carbocycles. The van der Waals surface area contributed by atoms with Crippen LogP contribution in [0.15, 0.2) is 11.6 Å². The Morgan fingerprint density at radius 1 is 1.00 bits per heavy atom. The lowest BCUT2D eigenvalue weighted by Gasteiger charge is -2.39. The number of carbonyl (C=O) groups excluding carboxylic acids is 3. The third-order valence-electron chi connectivity index (χ3n) is 6.30. The maximum absolute atomic E-state index is 13.5. The second-order valence-electron chi connectivity index (χ2n) is 10.6. The third-order valence-corrected chi connectivity index (χ3v) is 6.30. The fourth-order valence-electron chi connectivity index (χ4n) is 4.37. The van der Waals surface area contributed by atoms with Crippen LogP contribution < -0.4 is 5.32 Å². The van der Waals surface area contributed by atoms with Crippen LogP contribution in [0.4, 0.5) is 0 Å². The number of hydrogen-bond acceptors (Lipinski definition) is 5. The molecule has 0 aromatic heterocycles. The first-order valence-electron chi connectivity index (χ1n) is 12.5. The molecule has 0 bridgehead atoms. The number of hydrogen-bond donors (Lipinski definition) is 1. The van der Waals surface area contributed by atoms with Crippen LogP contribution >= 0.6 is 0 Å². The molecule has 0 spiro atoms. The van der Waals surface area contributed by atoms with Crippen LogP contribution in [0.1, 0.15) is 81.6 Å². The van der Waals surface area contributed by atoms with Crippen LogP contribution in [0.2, 0.25) is 0 Å². The van der Waals surface area contributed by atoms with Crippen LogP contribution in [0.5, 0.6) is 0 Å². The lowest BCUT2D eigenvalue weighted by atomic mass is 9.95.